The fourth-order valence-electron chi connectivity index (χ4n) is 2.13. The predicted molar refractivity (Wildman–Crippen MR) is 46.7 cm³/mol. The van der Waals surface area contributed by atoms with Gasteiger partial charge < -0.3 is 0 Å². The Kier molecular flexibility index (Phi) is 3.01. The Balaban J connectivity index is 1.60. The molecule has 2 aliphatic carbocycles. The average molecular weight is 170 g/mol. The minimum atomic E-state index is 0.408. The van der Waals surface area contributed by atoms with Crippen LogP contribution >= 0.6 is 0 Å². The number of rotatable bonds is 3. The zero-order valence-corrected chi connectivity index (χ0v) is 7.63. The van der Waals surface area contributed by atoms with Crippen LogP contribution in [0.2, 0.25) is 0 Å². The fraction of sp³-hybridized carbons (Fsp3) is 1.00. The van der Waals surface area contributed by atoms with Gasteiger partial charge in [-0.3, -0.25) is 0 Å². The largest absolute Gasteiger partial charge is 0.233 e. The lowest BCUT2D eigenvalue weighted by Gasteiger charge is -2.13. The van der Waals surface area contributed by atoms with Gasteiger partial charge in [0.25, 0.3) is 0 Å². The van der Waals surface area contributed by atoms with Crippen LogP contribution in [-0.2, 0) is 9.78 Å². The third kappa shape index (κ3) is 2.20. The molecule has 0 unspecified atom stereocenters. The standard InChI is InChI=1S/C10H18O2/c1-2-6-9(5-1)11-12-10-7-3-4-8-10/h9-10H,1-8H2. The Morgan fingerprint density at radius 1 is 0.583 bits per heavy atom. The molecule has 70 valence electrons. The first-order chi connectivity index (χ1) is 5.95. The van der Waals surface area contributed by atoms with Gasteiger partial charge in [-0.1, -0.05) is 25.7 Å². The lowest BCUT2D eigenvalue weighted by atomic mass is 10.3. The minimum Gasteiger partial charge on any atom is -0.233 e. The predicted octanol–water partition coefficient (Wildman–Crippen LogP) is 2.82. The molecule has 0 aliphatic heterocycles. The molecule has 0 radical (unpaired) electrons. The van der Waals surface area contributed by atoms with Crippen molar-refractivity contribution in [1.82, 2.24) is 0 Å². The monoisotopic (exact) mass is 170 g/mol. The Hall–Kier alpha value is -0.0800. The molecule has 0 heterocycles. The molecule has 0 atom stereocenters. The summed E-state index contributed by atoms with van der Waals surface area (Å²) in [5.74, 6) is 0. The highest BCUT2D eigenvalue weighted by molar-refractivity contribution is 4.67. The average Bonchev–Trinajstić information content (AvgIpc) is 2.74. The maximum absolute atomic E-state index is 5.39. The van der Waals surface area contributed by atoms with E-state index >= 15 is 0 Å². The molecule has 0 aromatic heterocycles. The van der Waals surface area contributed by atoms with Gasteiger partial charge in [-0.05, 0) is 25.7 Å². The van der Waals surface area contributed by atoms with Crippen LogP contribution in [0.25, 0.3) is 0 Å². The van der Waals surface area contributed by atoms with Crippen molar-refractivity contribution in [1.29, 1.82) is 0 Å². The van der Waals surface area contributed by atoms with Gasteiger partial charge in [-0.2, -0.15) is 0 Å². The van der Waals surface area contributed by atoms with E-state index in [9.17, 15) is 0 Å². The molecule has 0 amide bonds. The first-order valence-corrected chi connectivity index (χ1v) is 5.27. The minimum absolute atomic E-state index is 0.408. The lowest BCUT2D eigenvalue weighted by molar-refractivity contribution is -0.348. The van der Waals surface area contributed by atoms with Gasteiger partial charge in [0.05, 0.1) is 12.2 Å². The van der Waals surface area contributed by atoms with E-state index in [4.69, 9.17) is 9.78 Å². The Bertz CT molecular complexity index is 108. The van der Waals surface area contributed by atoms with Gasteiger partial charge in [0.1, 0.15) is 0 Å². The smallest absolute Gasteiger partial charge is 0.0930 e. The van der Waals surface area contributed by atoms with Crippen molar-refractivity contribution >= 4 is 0 Å². The van der Waals surface area contributed by atoms with Crippen molar-refractivity contribution in [2.75, 3.05) is 0 Å². The molecule has 2 rings (SSSR count). The third-order valence-corrected chi connectivity index (χ3v) is 2.93. The normalized spacial score (nSPS) is 27.0. The Morgan fingerprint density at radius 3 is 1.25 bits per heavy atom. The van der Waals surface area contributed by atoms with Crippen LogP contribution in [-0.4, -0.2) is 12.2 Å². The fourth-order valence-corrected chi connectivity index (χ4v) is 2.13. The zero-order chi connectivity index (χ0) is 8.23. The highest BCUT2D eigenvalue weighted by atomic mass is 17.2. The highest BCUT2D eigenvalue weighted by Crippen LogP contribution is 2.25. The molecule has 0 bridgehead atoms. The summed E-state index contributed by atoms with van der Waals surface area (Å²) in [5, 5.41) is 0. The van der Waals surface area contributed by atoms with Crippen LogP contribution in [0.15, 0.2) is 0 Å². The second kappa shape index (κ2) is 4.24. The summed E-state index contributed by atoms with van der Waals surface area (Å²) in [5.41, 5.74) is 0. The maximum atomic E-state index is 5.39. The molecule has 2 fully saturated rings. The molecular weight excluding hydrogens is 152 g/mol. The zero-order valence-electron chi connectivity index (χ0n) is 7.63. The molecule has 2 heteroatoms. The van der Waals surface area contributed by atoms with Gasteiger partial charge >= 0.3 is 0 Å². The van der Waals surface area contributed by atoms with Crippen LogP contribution in [0.1, 0.15) is 51.4 Å². The van der Waals surface area contributed by atoms with Crippen molar-refractivity contribution < 1.29 is 9.78 Å². The van der Waals surface area contributed by atoms with E-state index in [-0.39, 0.29) is 0 Å². The van der Waals surface area contributed by atoms with Crippen molar-refractivity contribution in [3.8, 4) is 0 Å². The van der Waals surface area contributed by atoms with Crippen molar-refractivity contribution in [3.63, 3.8) is 0 Å². The molecular formula is C10H18O2. The summed E-state index contributed by atoms with van der Waals surface area (Å²) in [6.45, 7) is 0. The van der Waals surface area contributed by atoms with E-state index in [1.54, 1.807) is 0 Å². The van der Waals surface area contributed by atoms with Gasteiger partial charge in [0.2, 0.25) is 0 Å². The van der Waals surface area contributed by atoms with Gasteiger partial charge in [0, 0.05) is 0 Å². The van der Waals surface area contributed by atoms with Crippen LogP contribution in [0.4, 0.5) is 0 Å². The molecule has 0 saturated heterocycles. The van der Waals surface area contributed by atoms with Crippen LogP contribution in [0.5, 0.6) is 0 Å². The first kappa shape index (κ1) is 8.52. The first-order valence-electron chi connectivity index (χ1n) is 5.27. The van der Waals surface area contributed by atoms with Crippen molar-refractivity contribution in [3.05, 3.63) is 0 Å². The number of hydrogen-bond donors (Lipinski definition) is 0. The highest BCUT2D eigenvalue weighted by Gasteiger charge is 2.21. The van der Waals surface area contributed by atoms with Crippen LogP contribution < -0.4 is 0 Å². The molecule has 2 aliphatic rings. The lowest BCUT2D eigenvalue weighted by Crippen LogP contribution is -2.14. The van der Waals surface area contributed by atoms with E-state index < -0.39 is 0 Å². The summed E-state index contributed by atoms with van der Waals surface area (Å²) in [4.78, 5) is 10.8. The van der Waals surface area contributed by atoms with E-state index in [1.165, 1.54) is 51.4 Å². The molecule has 2 saturated carbocycles. The van der Waals surface area contributed by atoms with Gasteiger partial charge in [0.15, 0.2) is 0 Å². The van der Waals surface area contributed by atoms with E-state index in [0.29, 0.717) is 12.2 Å². The molecule has 0 N–H and O–H groups in total. The van der Waals surface area contributed by atoms with Gasteiger partial charge in [-0.15, -0.1) is 0 Å². The van der Waals surface area contributed by atoms with Crippen molar-refractivity contribution in [2.24, 2.45) is 0 Å². The molecule has 0 aromatic carbocycles. The summed E-state index contributed by atoms with van der Waals surface area (Å²) < 4.78 is 0. The summed E-state index contributed by atoms with van der Waals surface area (Å²) in [7, 11) is 0. The second-order valence-electron chi connectivity index (χ2n) is 4.01. The van der Waals surface area contributed by atoms with E-state index in [0.717, 1.165) is 0 Å². The van der Waals surface area contributed by atoms with Crippen LogP contribution in [0.3, 0.4) is 0 Å². The molecule has 2 nitrogen and oxygen atoms in total. The Labute approximate surface area is 74.2 Å². The topological polar surface area (TPSA) is 18.5 Å². The maximum Gasteiger partial charge on any atom is 0.0930 e. The second-order valence-corrected chi connectivity index (χ2v) is 4.01. The number of hydrogen-bond acceptors (Lipinski definition) is 2. The van der Waals surface area contributed by atoms with Gasteiger partial charge in [-0.25, -0.2) is 9.78 Å². The quantitative estimate of drug-likeness (QED) is 0.479. The van der Waals surface area contributed by atoms with Crippen molar-refractivity contribution in [2.45, 2.75) is 63.6 Å². The summed E-state index contributed by atoms with van der Waals surface area (Å²) in [6.07, 6.45) is 10.9. The van der Waals surface area contributed by atoms with E-state index in [1.807, 2.05) is 0 Å². The third-order valence-electron chi connectivity index (χ3n) is 2.93. The molecule has 0 spiro atoms. The van der Waals surface area contributed by atoms with Crippen LogP contribution in [0, 0.1) is 0 Å². The Morgan fingerprint density at radius 2 is 0.917 bits per heavy atom. The summed E-state index contributed by atoms with van der Waals surface area (Å²) in [6, 6.07) is 0. The summed E-state index contributed by atoms with van der Waals surface area (Å²) >= 11 is 0. The SMILES string of the molecule is C1CCC(OOC2CCCC2)C1. The molecule has 0 aromatic rings. The molecule has 12 heavy (non-hydrogen) atoms. The van der Waals surface area contributed by atoms with E-state index in [2.05, 4.69) is 0 Å².